The molecule has 0 radical (unpaired) electrons. The highest BCUT2D eigenvalue weighted by Crippen LogP contribution is 2.30. The van der Waals surface area contributed by atoms with Gasteiger partial charge < -0.3 is 19.5 Å². The molecule has 0 unspecified atom stereocenters. The van der Waals surface area contributed by atoms with Crippen LogP contribution < -0.4 is 9.47 Å². The summed E-state index contributed by atoms with van der Waals surface area (Å²) in [5, 5.41) is 7.18. The summed E-state index contributed by atoms with van der Waals surface area (Å²) in [4.78, 5) is 33.1. The maximum Gasteiger partial charge on any atom is 0.417 e. The number of carbonyl (C=O) groups excluding carboxylic acids is 1. The number of aromatic nitrogens is 2. The molecular weight excluding hydrogens is 541 g/mol. The molecule has 13 heteroatoms. The lowest BCUT2D eigenvalue weighted by Gasteiger charge is -2.34. The van der Waals surface area contributed by atoms with Crippen LogP contribution in [0.4, 0.5) is 22.8 Å². The van der Waals surface area contributed by atoms with Crippen LogP contribution in [0.2, 0.25) is 0 Å². The fourth-order valence-corrected chi connectivity index (χ4v) is 3.68. The number of hydrogen-bond donors (Lipinski definition) is 1. The van der Waals surface area contributed by atoms with Gasteiger partial charge in [0.25, 0.3) is 0 Å². The number of carboxylic acid groups (broad SMARTS) is 1. The molecule has 1 saturated heterocycles. The Hall–Kier alpha value is -3.90. The summed E-state index contributed by atoms with van der Waals surface area (Å²) < 4.78 is 48.8. The predicted molar refractivity (Wildman–Crippen MR) is 136 cm³/mol. The Morgan fingerprint density at radius 3 is 2.21 bits per heavy atom. The second-order valence-corrected chi connectivity index (χ2v) is 8.69. The second kappa shape index (κ2) is 14.3. The molecule has 1 N–H and O–H groups in total. The van der Waals surface area contributed by atoms with Gasteiger partial charge >= 0.3 is 17.7 Å². The second-order valence-electron chi connectivity index (χ2n) is 8.37. The van der Waals surface area contributed by atoms with Crippen LogP contribution in [0.15, 0.2) is 67.1 Å². The lowest BCUT2D eigenvalue weighted by Crippen LogP contribution is -2.49. The van der Waals surface area contributed by atoms with Gasteiger partial charge in [0.05, 0.1) is 5.56 Å². The molecule has 1 fully saturated rings. The molecular formula is C26H26ClF3N4O5. The van der Waals surface area contributed by atoms with Gasteiger partial charge in [0.15, 0.2) is 0 Å². The Morgan fingerprint density at radius 1 is 0.974 bits per heavy atom. The van der Waals surface area contributed by atoms with Crippen LogP contribution in [-0.4, -0.2) is 69.1 Å². The van der Waals surface area contributed by atoms with Crippen LogP contribution in [0.5, 0.6) is 17.4 Å². The van der Waals surface area contributed by atoms with Crippen molar-refractivity contribution in [1.29, 1.82) is 0 Å². The summed E-state index contributed by atoms with van der Waals surface area (Å²) in [6.45, 7) is 3.72. The van der Waals surface area contributed by atoms with E-state index in [-0.39, 0.29) is 5.88 Å². The number of aryl methyl sites for hydroxylation is 1. The van der Waals surface area contributed by atoms with Gasteiger partial charge in [0, 0.05) is 62.4 Å². The average Bonchev–Trinajstić information content (AvgIpc) is 2.90. The monoisotopic (exact) mass is 566 g/mol. The standard InChI is InChI=1S/C25H25F3N4O3.CHClO2/c26-25(27,28)20-5-10-23(30-18-20)34-21-6-8-22(9-7-21)35-24(33)32-15-13-31(14-16-32)12-2-4-19-3-1-11-29-17-19;2-1(3)4/h1,3,5-11,17-18H,2,4,12-16H2;(H,3,4). The van der Waals surface area contributed by atoms with Gasteiger partial charge in [-0.1, -0.05) is 6.07 Å². The van der Waals surface area contributed by atoms with Crippen molar-refractivity contribution in [2.45, 2.75) is 19.0 Å². The molecule has 208 valence electrons. The van der Waals surface area contributed by atoms with E-state index in [9.17, 15) is 18.0 Å². The van der Waals surface area contributed by atoms with Crippen LogP contribution in [0.25, 0.3) is 0 Å². The number of rotatable bonds is 7. The van der Waals surface area contributed by atoms with E-state index in [4.69, 9.17) is 19.4 Å². The smallest absolute Gasteiger partial charge is 0.417 e. The Balaban J connectivity index is 0.000000983. The minimum atomic E-state index is -4.45. The molecule has 1 aliphatic heterocycles. The van der Waals surface area contributed by atoms with E-state index in [1.165, 1.54) is 5.56 Å². The number of piperazine rings is 1. The number of halogens is 4. The predicted octanol–water partition coefficient (Wildman–Crippen LogP) is 5.94. The van der Waals surface area contributed by atoms with Gasteiger partial charge in [-0.25, -0.2) is 14.6 Å². The van der Waals surface area contributed by atoms with Gasteiger partial charge in [-0.3, -0.25) is 9.88 Å². The number of amides is 1. The third-order valence-electron chi connectivity index (χ3n) is 5.61. The molecule has 0 atom stereocenters. The van der Waals surface area contributed by atoms with Crippen molar-refractivity contribution in [3.05, 3.63) is 78.2 Å². The molecule has 2 aromatic heterocycles. The molecule has 1 aromatic carbocycles. The Kier molecular flexibility index (Phi) is 10.9. The molecule has 0 spiro atoms. The number of carbonyl (C=O) groups is 2. The van der Waals surface area contributed by atoms with E-state index in [1.54, 1.807) is 35.4 Å². The van der Waals surface area contributed by atoms with E-state index < -0.39 is 23.3 Å². The van der Waals surface area contributed by atoms with Gasteiger partial charge in [0.2, 0.25) is 5.88 Å². The summed E-state index contributed by atoms with van der Waals surface area (Å²) >= 11 is 4.19. The van der Waals surface area contributed by atoms with E-state index >= 15 is 0 Å². The van der Waals surface area contributed by atoms with Crippen LogP contribution in [0, 0.1) is 0 Å². The first-order valence-corrected chi connectivity index (χ1v) is 12.3. The zero-order valence-electron chi connectivity index (χ0n) is 20.7. The van der Waals surface area contributed by atoms with Gasteiger partial charge in [-0.05, 0) is 61.3 Å². The number of hydrogen-bond acceptors (Lipinski definition) is 7. The van der Waals surface area contributed by atoms with Crippen molar-refractivity contribution in [2.24, 2.45) is 0 Å². The van der Waals surface area contributed by atoms with Crippen molar-refractivity contribution in [3.63, 3.8) is 0 Å². The molecule has 0 saturated carbocycles. The minimum absolute atomic E-state index is 0.0288. The number of pyridine rings is 2. The Bertz CT molecular complexity index is 1190. The largest absolute Gasteiger partial charge is 0.469 e. The summed E-state index contributed by atoms with van der Waals surface area (Å²) in [5.74, 6) is 0.736. The maximum atomic E-state index is 12.6. The van der Waals surface area contributed by atoms with Crippen LogP contribution >= 0.6 is 11.6 Å². The highest BCUT2D eigenvalue weighted by atomic mass is 35.5. The number of ether oxygens (including phenoxy) is 2. The molecule has 1 amide bonds. The quantitative estimate of drug-likeness (QED) is 0.350. The number of benzene rings is 1. The van der Waals surface area contributed by atoms with Gasteiger partial charge in [-0.2, -0.15) is 13.2 Å². The van der Waals surface area contributed by atoms with Crippen LogP contribution in [-0.2, 0) is 12.6 Å². The summed E-state index contributed by atoms with van der Waals surface area (Å²) in [5.41, 5.74) is -0.987. The third kappa shape index (κ3) is 10.4. The molecule has 3 aromatic rings. The molecule has 39 heavy (non-hydrogen) atoms. The van der Waals surface area contributed by atoms with Gasteiger partial charge in [-0.15, -0.1) is 0 Å². The highest BCUT2D eigenvalue weighted by molar-refractivity contribution is 6.60. The van der Waals surface area contributed by atoms with Crippen molar-refractivity contribution in [3.8, 4) is 17.4 Å². The molecule has 1 aliphatic rings. The lowest BCUT2D eigenvalue weighted by molar-refractivity contribution is -0.137. The number of nitrogens with zero attached hydrogens (tertiary/aromatic N) is 4. The fourth-order valence-electron chi connectivity index (χ4n) is 3.68. The Morgan fingerprint density at radius 2 is 1.64 bits per heavy atom. The van der Waals surface area contributed by atoms with Crippen LogP contribution in [0.1, 0.15) is 17.5 Å². The maximum absolute atomic E-state index is 12.6. The van der Waals surface area contributed by atoms with Gasteiger partial charge in [0.1, 0.15) is 11.5 Å². The van der Waals surface area contributed by atoms with Crippen LogP contribution in [0.3, 0.4) is 0 Å². The lowest BCUT2D eigenvalue weighted by atomic mass is 10.1. The molecule has 9 nitrogen and oxygen atoms in total. The highest BCUT2D eigenvalue weighted by Gasteiger charge is 2.30. The normalized spacial score (nSPS) is 13.7. The van der Waals surface area contributed by atoms with Crippen molar-refractivity contribution in [2.75, 3.05) is 32.7 Å². The topological polar surface area (TPSA) is 105 Å². The third-order valence-corrected chi connectivity index (χ3v) is 5.61. The van der Waals surface area contributed by atoms with E-state index in [2.05, 4.69) is 32.5 Å². The first-order valence-electron chi connectivity index (χ1n) is 11.9. The SMILES string of the molecule is O=C(O)Cl.O=C(Oc1ccc(Oc2ccc(C(F)(F)F)cn2)cc1)N1CCN(CCCc2cccnc2)CC1. The van der Waals surface area contributed by atoms with E-state index in [1.807, 2.05) is 12.3 Å². The fraction of sp³-hybridized carbons (Fsp3) is 0.308. The molecule has 4 rings (SSSR count). The summed E-state index contributed by atoms with van der Waals surface area (Å²) in [6, 6.07) is 12.3. The van der Waals surface area contributed by atoms with Crippen molar-refractivity contribution >= 4 is 23.1 Å². The average molecular weight is 567 g/mol. The Labute approximate surface area is 227 Å². The zero-order valence-corrected chi connectivity index (χ0v) is 21.4. The van der Waals surface area contributed by atoms with Crippen molar-refractivity contribution in [1.82, 2.24) is 19.8 Å². The number of alkyl halides is 3. The summed E-state index contributed by atoms with van der Waals surface area (Å²) in [7, 11) is 0. The molecule has 0 aliphatic carbocycles. The molecule has 0 bridgehead atoms. The zero-order chi connectivity index (χ0) is 28.3. The first kappa shape index (κ1) is 29.7. The summed E-state index contributed by atoms with van der Waals surface area (Å²) in [6.07, 6.45) is 1.51. The van der Waals surface area contributed by atoms with E-state index in [0.717, 1.165) is 44.6 Å². The van der Waals surface area contributed by atoms with Crippen molar-refractivity contribution < 1.29 is 37.3 Å². The van der Waals surface area contributed by atoms with E-state index in [0.29, 0.717) is 30.8 Å². The molecule has 3 heterocycles. The minimum Gasteiger partial charge on any atom is -0.469 e. The first-order chi connectivity index (χ1) is 18.6.